The van der Waals surface area contributed by atoms with Gasteiger partial charge in [0, 0.05) is 16.1 Å². The van der Waals surface area contributed by atoms with E-state index in [-0.39, 0.29) is 17.3 Å². The number of aromatic amines is 1. The van der Waals surface area contributed by atoms with Crippen molar-refractivity contribution < 1.29 is 4.79 Å². The van der Waals surface area contributed by atoms with E-state index in [1.54, 1.807) is 22.7 Å². The highest BCUT2D eigenvalue weighted by atomic mass is 32.1. The Kier molecular flexibility index (Phi) is 3.65. The molecular formula is C19H15N3O2S2. The smallest absolute Gasteiger partial charge is 0.287 e. The van der Waals surface area contributed by atoms with Gasteiger partial charge >= 0.3 is 0 Å². The number of nitrogens with zero attached hydrogens (tertiary/aromatic N) is 1. The number of benzene rings is 1. The zero-order chi connectivity index (χ0) is 17.7. The SMILES string of the molecule is O=C(NCc1csc2ccccc12)c1nc2sc3c(c2c(=O)[nH]1)CCC3. The fraction of sp³-hybridized carbons (Fsp3) is 0.211. The van der Waals surface area contributed by atoms with E-state index in [4.69, 9.17) is 0 Å². The summed E-state index contributed by atoms with van der Waals surface area (Å²) in [5.41, 5.74) is 1.98. The van der Waals surface area contributed by atoms with Crippen LogP contribution in [0.25, 0.3) is 20.3 Å². The molecule has 1 aliphatic rings. The molecule has 0 radical (unpaired) electrons. The molecule has 3 heterocycles. The summed E-state index contributed by atoms with van der Waals surface area (Å²) >= 11 is 3.20. The summed E-state index contributed by atoms with van der Waals surface area (Å²) in [5, 5.41) is 6.74. The quantitative estimate of drug-likeness (QED) is 0.569. The molecule has 7 heteroatoms. The second-order valence-electron chi connectivity index (χ2n) is 6.39. The highest BCUT2D eigenvalue weighted by Crippen LogP contribution is 2.34. The van der Waals surface area contributed by atoms with Crippen LogP contribution in [0, 0.1) is 0 Å². The molecule has 4 aromatic rings. The normalized spacial score (nSPS) is 13.4. The Labute approximate surface area is 156 Å². The van der Waals surface area contributed by atoms with E-state index in [0.717, 1.165) is 35.8 Å². The third-order valence-electron chi connectivity index (χ3n) is 4.79. The van der Waals surface area contributed by atoms with Crippen LogP contribution in [0.1, 0.15) is 33.0 Å². The summed E-state index contributed by atoms with van der Waals surface area (Å²) in [6, 6.07) is 8.10. The minimum atomic E-state index is -0.354. The van der Waals surface area contributed by atoms with E-state index >= 15 is 0 Å². The molecule has 0 fully saturated rings. The highest BCUT2D eigenvalue weighted by molar-refractivity contribution is 7.19. The number of carbonyl (C=O) groups is 1. The number of nitrogens with one attached hydrogen (secondary N) is 2. The third-order valence-corrected chi connectivity index (χ3v) is 6.99. The van der Waals surface area contributed by atoms with Crippen molar-refractivity contribution in [2.45, 2.75) is 25.8 Å². The molecule has 2 N–H and O–H groups in total. The van der Waals surface area contributed by atoms with Crippen LogP contribution in [0.3, 0.4) is 0 Å². The Morgan fingerprint density at radius 2 is 2.15 bits per heavy atom. The number of fused-ring (bicyclic) bond motifs is 4. The van der Waals surface area contributed by atoms with Crippen molar-refractivity contribution in [3.05, 3.63) is 61.8 Å². The van der Waals surface area contributed by atoms with Crippen molar-refractivity contribution in [1.29, 1.82) is 0 Å². The van der Waals surface area contributed by atoms with E-state index in [0.29, 0.717) is 16.8 Å². The van der Waals surface area contributed by atoms with E-state index in [2.05, 4.69) is 21.4 Å². The van der Waals surface area contributed by atoms with Gasteiger partial charge in [0.25, 0.3) is 11.5 Å². The van der Waals surface area contributed by atoms with Crippen molar-refractivity contribution in [1.82, 2.24) is 15.3 Å². The first-order valence-corrected chi connectivity index (χ1v) is 10.2. The van der Waals surface area contributed by atoms with Gasteiger partial charge in [-0.15, -0.1) is 22.7 Å². The van der Waals surface area contributed by atoms with Gasteiger partial charge in [-0.05, 0) is 47.2 Å². The van der Waals surface area contributed by atoms with E-state index in [9.17, 15) is 9.59 Å². The predicted octanol–water partition coefficient (Wildman–Crippen LogP) is 3.62. The lowest BCUT2D eigenvalue weighted by Gasteiger charge is -2.04. The van der Waals surface area contributed by atoms with Crippen LogP contribution in [0.15, 0.2) is 34.4 Å². The van der Waals surface area contributed by atoms with Crippen LogP contribution in [0.4, 0.5) is 0 Å². The monoisotopic (exact) mass is 381 g/mol. The minimum absolute atomic E-state index is 0.0851. The number of carbonyl (C=O) groups excluding carboxylic acids is 1. The molecular weight excluding hydrogens is 366 g/mol. The van der Waals surface area contributed by atoms with Gasteiger partial charge in [-0.25, -0.2) is 4.98 Å². The molecule has 0 saturated heterocycles. The van der Waals surface area contributed by atoms with Crippen molar-refractivity contribution in [3.8, 4) is 0 Å². The second-order valence-corrected chi connectivity index (χ2v) is 8.39. The molecule has 1 aromatic carbocycles. The maximum Gasteiger partial charge on any atom is 0.287 e. The van der Waals surface area contributed by atoms with Crippen LogP contribution >= 0.6 is 22.7 Å². The average molecular weight is 381 g/mol. The zero-order valence-corrected chi connectivity index (χ0v) is 15.4. The molecule has 0 bridgehead atoms. The average Bonchev–Trinajstić information content (AvgIpc) is 3.33. The molecule has 0 spiro atoms. The van der Waals surface area contributed by atoms with Gasteiger partial charge < -0.3 is 10.3 Å². The van der Waals surface area contributed by atoms with Crippen LogP contribution in [-0.2, 0) is 19.4 Å². The molecule has 130 valence electrons. The number of aryl methyl sites for hydroxylation is 2. The standard InChI is InChI=1S/C19H15N3O2S2/c23-17-15-12-5-3-7-14(12)26-19(15)22-16(21-17)18(24)20-8-10-9-25-13-6-2-1-4-11(10)13/h1-2,4,6,9H,3,5,7-8H2,(H,20,24)(H,21,22,23). The first kappa shape index (κ1) is 15.7. The Hall–Kier alpha value is -2.51. The van der Waals surface area contributed by atoms with Gasteiger partial charge in [0.2, 0.25) is 5.82 Å². The van der Waals surface area contributed by atoms with Gasteiger partial charge in [0.05, 0.1) is 5.39 Å². The fourth-order valence-electron chi connectivity index (χ4n) is 3.54. The summed E-state index contributed by atoms with van der Waals surface area (Å²) in [5.74, 6) is -0.269. The lowest BCUT2D eigenvalue weighted by Crippen LogP contribution is -2.27. The maximum atomic E-state index is 12.5. The number of rotatable bonds is 3. The second kappa shape index (κ2) is 6.03. The van der Waals surface area contributed by atoms with Crippen molar-refractivity contribution >= 4 is 48.9 Å². The molecule has 0 saturated carbocycles. The Morgan fingerprint density at radius 1 is 1.27 bits per heavy atom. The lowest BCUT2D eigenvalue weighted by atomic mass is 10.2. The van der Waals surface area contributed by atoms with Gasteiger partial charge in [-0.2, -0.15) is 0 Å². The van der Waals surface area contributed by atoms with Crippen molar-refractivity contribution in [3.63, 3.8) is 0 Å². The Balaban J connectivity index is 1.43. The number of thiophene rings is 2. The van der Waals surface area contributed by atoms with Crippen molar-refractivity contribution in [2.75, 3.05) is 0 Å². The summed E-state index contributed by atoms with van der Waals surface area (Å²) in [6.07, 6.45) is 3.02. The van der Waals surface area contributed by atoms with Gasteiger partial charge in [-0.1, -0.05) is 18.2 Å². The highest BCUT2D eigenvalue weighted by Gasteiger charge is 2.22. The maximum absolute atomic E-state index is 12.5. The van der Waals surface area contributed by atoms with Crippen LogP contribution in [0.5, 0.6) is 0 Å². The molecule has 0 aliphatic heterocycles. The Bertz CT molecular complexity index is 1220. The van der Waals surface area contributed by atoms with E-state index in [1.807, 2.05) is 23.6 Å². The summed E-state index contributed by atoms with van der Waals surface area (Å²) in [4.78, 5) is 34.0. The molecule has 5 rings (SSSR count). The molecule has 0 atom stereocenters. The Morgan fingerprint density at radius 3 is 3.08 bits per heavy atom. The van der Waals surface area contributed by atoms with E-state index in [1.165, 1.54) is 9.58 Å². The number of H-pyrrole nitrogens is 1. The van der Waals surface area contributed by atoms with Crippen LogP contribution < -0.4 is 10.9 Å². The van der Waals surface area contributed by atoms with Gasteiger partial charge in [-0.3, -0.25) is 9.59 Å². The number of amides is 1. The number of aromatic nitrogens is 2. The molecule has 3 aromatic heterocycles. The van der Waals surface area contributed by atoms with Gasteiger partial charge in [0.15, 0.2) is 0 Å². The third kappa shape index (κ3) is 2.47. The van der Waals surface area contributed by atoms with Crippen LogP contribution in [-0.4, -0.2) is 15.9 Å². The summed E-state index contributed by atoms with van der Waals surface area (Å²) < 4.78 is 1.19. The minimum Gasteiger partial charge on any atom is -0.345 e. The molecule has 1 amide bonds. The summed E-state index contributed by atoms with van der Waals surface area (Å²) in [7, 11) is 0. The number of hydrogen-bond acceptors (Lipinski definition) is 5. The fourth-order valence-corrected chi connectivity index (χ4v) is 5.76. The first-order valence-electron chi connectivity index (χ1n) is 8.48. The van der Waals surface area contributed by atoms with E-state index < -0.39 is 0 Å². The predicted molar refractivity (Wildman–Crippen MR) is 105 cm³/mol. The molecule has 26 heavy (non-hydrogen) atoms. The summed E-state index contributed by atoms with van der Waals surface area (Å²) in [6.45, 7) is 0.408. The first-order chi connectivity index (χ1) is 12.7. The molecule has 0 unspecified atom stereocenters. The molecule has 1 aliphatic carbocycles. The number of hydrogen-bond donors (Lipinski definition) is 2. The van der Waals surface area contributed by atoms with Gasteiger partial charge in [0.1, 0.15) is 4.83 Å². The lowest BCUT2D eigenvalue weighted by molar-refractivity contribution is 0.0941. The topological polar surface area (TPSA) is 74.8 Å². The molecule has 5 nitrogen and oxygen atoms in total. The van der Waals surface area contributed by atoms with Crippen molar-refractivity contribution in [2.24, 2.45) is 0 Å². The largest absolute Gasteiger partial charge is 0.345 e. The zero-order valence-electron chi connectivity index (χ0n) is 13.8. The van der Waals surface area contributed by atoms with Crippen LogP contribution in [0.2, 0.25) is 0 Å².